The van der Waals surface area contributed by atoms with Gasteiger partial charge in [0.05, 0.1) is 5.56 Å². The van der Waals surface area contributed by atoms with E-state index in [1.54, 1.807) is 12.4 Å². The van der Waals surface area contributed by atoms with E-state index in [2.05, 4.69) is 38.6 Å². The Balaban J connectivity index is 1.47. The molecule has 3 N–H and O–H groups in total. The predicted octanol–water partition coefficient (Wildman–Crippen LogP) is 3.53. The van der Waals surface area contributed by atoms with Gasteiger partial charge in [-0.25, -0.2) is 9.97 Å². The number of rotatable bonds is 9. The van der Waals surface area contributed by atoms with Crippen molar-refractivity contribution >= 4 is 22.8 Å². The van der Waals surface area contributed by atoms with Crippen LogP contribution in [0.25, 0.3) is 10.9 Å². The number of nitrogens with zero attached hydrogens (tertiary/aromatic N) is 2. The van der Waals surface area contributed by atoms with Crippen molar-refractivity contribution in [1.29, 1.82) is 0 Å². The third kappa shape index (κ3) is 4.59. The van der Waals surface area contributed by atoms with Crippen LogP contribution in [0.3, 0.4) is 0 Å². The van der Waals surface area contributed by atoms with Crippen LogP contribution >= 0.6 is 0 Å². The van der Waals surface area contributed by atoms with Crippen LogP contribution in [0.5, 0.6) is 0 Å². The predicted molar refractivity (Wildman–Crippen MR) is 104 cm³/mol. The SMILES string of the molecule is CCCCCNc1ncc(C(=O)NCCc2c[nH]c3ccccc23)cn1. The van der Waals surface area contributed by atoms with Crippen molar-refractivity contribution in [1.82, 2.24) is 20.3 Å². The van der Waals surface area contributed by atoms with Gasteiger partial charge in [0, 0.05) is 42.6 Å². The van der Waals surface area contributed by atoms with E-state index in [0.29, 0.717) is 18.1 Å². The van der Waals surface area contributed by atoms with Crippen LogP contribution in [0.2, 0.25) is 0 Å². The number of carbonyl (C=O) groups excluding carboxylic acids is 1. The summed E-state index contributed by atoms with van der Waals surface area (Å²) >= 11 is 0. The van der Waals surface area contributed by atoms with Gasteiger partial charge in [0.15, 0.2) is 0 Å². The lowest BCUT2D eigenvalue weighted by Gasteiger charge is -2.06. The van der Waals surface area contributed by atoms with E-state index < -0.39 is 0 Å². The van der Waals surface area contributed by atoms with Crippen LogP contribution in [0.1, 0.15) is 42.1 Å². The first-order valence-corrected chi connectivity index (χ1v) is 9.17. The van der Waals surface area contributed by atoms with E-state index in [9.17, 15) is 4.79 Å². The Kier molecular flexibility index (Phi) is 6.19. The van der Waals surface area contributed by atoms with E-state index in [1.807, 2.05) is 24.4 Å². The van der Waals surface area contributed by atoms with E-state index in [-0.39, 0.29) is 5.91 Å². The molecule has 0 saturated heterocycles. The van der Waals surface area contributed by atoms with Crippen molar-refractivity contribution < 1.29 is 4.79 Å². The van der Waals surface area contributed by atoms with Gasteiger partial charge in [0.1, 0.15) is 0 Å². The summed E-state index contributed by atoms with van der Waals surface area (Å²) in [6.45, 7) is 3.59. The number of hydrogen-bond donors (Lipinski definition) is 3. The van der Waals surface area contributed by atoms with Gasteiger partial charge in [-0.15, -0.1) is 0 Å². The first-order valence-electron chi connectivity index (χ1n) is 9.17. The van der Waals surface area contributed by atoms with E-state index in [4.69, 9.17) is 0 Å². The zero-order valence-electron chi connectivity index (χ0n) is 15.1. The number of para-hydroxylation sites is 1. The minimum absolute atomic E-state index is 0.151. The van der Waals surface area contributed by atoms with Crippen molar-refractivity contribution in [2.45, 2.75) is 32.6 Å². The van der Waals surface area contributed by atoms with Gasteiger partial charge in [-0.2, -0.15) is 0 Å². The minimum atomic E-state index is -0.151. The highest BCUT2D eigenvalue weighted by Gasteiger charge is 2.08. The molecule has 136 valence electrons. The third-order valence-corrected chi connectivity index (χ3v) is 4.33. The maximum Gasteiger partial charge on any atom is 0.254 e. The summed E-state index contributed by atoms with van der Waals surface area (Å²) in [5, 5.41) is 7.29. The molecule has 1 aromatic carbocycles. The molecular formula is C20H25N5O. The van der Waals surface area contributed by atoms with E-state index in [1.165, 1.54) is 23.8 Å². The van der Waals surface area contributed by atoms with E-state index in [0.717, 1.165) is 24.9 Å². The molecule has 0 aliphatic rings. The Bertz CT molecular complexity index is 841. The summed E-state index contributed by atoms with van der Waals surface area (Å²) in [5.74, 6) is 0.416. The Morgan fingerprint density at radius 3 is 2.73 bits per heavy atom. The van der Waals surface area contributed by atoms with E-state index >= 15 is 0 Å². The molecule has 6 heteroatoms. The van der Waals surface area contributed by atoms with Crippen LogP contribution in [-0.2, 0) is 6.42 Å². The largest absolute Gasteiger partial charge is 0.361 e. The maximum absolute atomic E-state index is 12.2. The molecular weight excluding hydrogens is 326 g/mol. The second-order valence-electron chi connectivity index (χ2n) is 6.29. The first-order chi connectivity index (χ1) is 12.8. The molecule has 0 bridgehead atoms. The number of unbranched alkanes of at least 4 members (excludes halogenated alkanes) is 2. The average Bonchev–Trinajstić information content (AvgIpc) is 3.09. The fourth-order valence-corrected chi connectivity index (χ4v) is 2.86. The summed E-state index contributed by atoms with van der Waals surface area (Å²) in [7, 11) is 0. The lowest BCUT2D eigenvalue weighted by molar-refractivity contribution is 0.0953. The Morgan fingerprint density at radius 2 is 1.92 bits per heavy atom. The molecule has 1 amide bonds. The molecule has 0 unspecified atom stereocenters. The average molecular weight is 351 g/mol. The van der Waals surface area contributed by atoms with Gasteiger partial charge >= 0.3 is 0 Å². The molecule has 2 heterocycles. The lowest BCUT2D eigenvalue weighted by Crippen LogP contribution is -2.26. The second kappa shape index (κ2) is 8.99. The summed E-state index contributed by atoms with van der Waals surface area (Å²) in [6.07, 6.45) is 9.36. The molecule has 0 atom stereocenters. The molecule has 0 fully saturated rings. The number of fused-ring (bicyclic) bond motifs is 1. The quantitative estimate of drug-likeness (QED) is 0.515. The number of H-pyrrole nitrogens is 1. The Hall–Kier alpha value is -2.89. The summed E-state index contributed by atoms with van der Waals surface area (Å²) < 4.78 is 0. The molecule has 0 saturated carbocycles. The number of anilines is 1. The van der Waals surface area contributed by atoms with Gasteiger partial charge < -0.3 is 15.6 Å². The first kappa shape index (κ1) is 17.9. The number of amides is 1. The van der Waals surface area contributed by atoms with Gasteiger partial charge in [-0.3, -0.25) is 4.79 Å². The van der Waals surface area contributed by atoms with Crippen LogP contribution in [-0.4, -0.2) is 33.9 Å². The number of nitrogens with one attached hydrogen (secondary N) is 3. The fourth-order valence-electron chi connectivity index (χ4n) is 2.86. The van der Waals surface area contributed by atoms with Gasteiger partial charge in [-0.05, 0) is 24.5 Å². The zero-order valence-corrected chi connectivity index (χ0v) is 15.1. The number of hydrogen-bond acceptors (Lipinski definition) is 4. The Morgan fingerprint density at radius 1 is 1.12 bits per heavy atom. The molecule has 6 nitrogen and oxygen atoms in total. The fraction of sp³-hybridized carbons (Fsp3) is 0.350. The van der Waals surface area contributed by atoms with Gasteiger partial charge in [-0.1, -0.05) is 38.0 Å². The van der Waals surface area contributed by atoms with Crippen LogP contribution < -0.4 is 10.6 Å². The Labute approximate surface area is 153 Å². The molecule has 2 aromatic heterocycles. The highest BCUT2D eigenvalue weighted by atomic mass is 16.1. The highest BCUT2D eigenvalue weighted by molar-refractivity contribution is 5.93. The molecule has 0 aliphatic carbocycles. The van der Waals surface area contributed by atoms with Crippen molar-refractivity contribution in [3.05, 3.63) is 54.0 Å². The topological polar surface area (TPSA) is 82.7 Å². The van der Waals surface area contributed by atoms with Crippen molar-refractivity contribution in [3.63, 3.8) is 0 Å². The molecule has 0 radical (unpaired) electrons. The van der Waals surface area contributed by atoms with Gasteiger partial charge in [0.25, 0.3) is 5.91 Å². The zero-order chi connectivity index (χ0) is 18.2. The van der Waals surface area contributed by atoms with Gasteiger partial charge in [0.2, 0.25) is 5.95 Å². The normalized spacial score (nSPS) is 10.8. The van der Waals surface area contributed by atoms with Crippen LogP contribution in [0, 0.1) is 0 Å². The smallest absolute Gasteiger partial charge is 0.254 e. The second-order valence-corrected chi connectivity index (χ2v) is 6.29. The number of aromatic nitrogens is 3. The number of aromatic amines is 1. The molecule has 26 heavy (non-hydrogen) atoms. The third-order valence-electron chi connectivity index (χ3n) is 4.33. The summed E-state index contributed by atoms with van der Waals surface area (Å²) in [6, 6.07) is 8.16. The highest BCUT2D eigenvalue weighted by Crippen LogP contribution is 2.17. The minimum Gasteiger partial charge on any atom is -0.361 e. The molecule has 3 aromatic rings. The summed E-state index contributed by atoms with van der Waals surface area (Å²) in [5.41, 5.74) is 2.79. The van der Waals surface area contributed by atoms with Crippen molar-refractivity contribution in [3.8, 4) is 0 Å². The summed E-state index contributed by atoms with van der Waals surface area (Å²) in [4.78, 5) is 23.9. The molecule has 0 aliphatic heterocycles. The molecule has 3 rings (SSSR count). The monoisotopic (exact) mass is 351 g/mol. The lowest BCUT2D eigenvalue weighted by atomic mass is 10.1. The number of carbonyl (C=O) groups is 1. The standard InChI is InChI=1S/C20H25N5O/c1-2-3-6-10-22-20-24-13-16(14-25-20)19(26)21-11-9-15-12-23-18-8-5-4-7-17(15)18/h4-5,7-8,12-14,23H,2-3,6,9-11H2,1H3,(H,21,26)(H,22,24,25). The van der Waals surface area contributed by atoms with Crippen LogP contribution in [0.4, 0.5) is 5.95 Å². The molecule has 0 spiro atoms. The van der Waals surface area contributed by atoms with Crippen molar-refractivity contribution in [2.75, 3.05) is 18.4 Å². The number of benzene rings is 1. The maximum atomic E-state index is 12.2. The van der Waals surface area contributed by atoms with Crippen LogP contribution in [0.15, 0.2) is 42.9 Å². The van der Waals surface area contributed by atoms with Crippen molar-refractivity contribution in [2.24, 2.45) is 0 Å².